The van der Waals surface area contributed by atoms with Gasteiger partial charge in [0.05, 0.1) is 19.0 Å². The molecule has 1 saturated heterocycles. The first kappa shape index (κ1) is 9.86. The fourth-order valence-corrected chi connectivity index (χ4v) is 2.25. The maximum atomic E-state index is 10.8. The minimum absolute atomic E-state index is 0.154. The lowest BCUT2D eigenvalue weighted by molar-refractivity contribution is -0.137. The number of rotatable bonds is 3. The Morgan fingerprint density at radius 3 is 3.00 bits per heavy atom. The Bertz CT molecular complexity index is 160. The van der Waals surface area contributed by atoms with Crippen molar-refractivity contribution in [1.82, 2.24) is 0 Å². The SMILES string of the molecule is COC(=O)CSC1CCOC1C. The molecular weight excluding hydrogens is 176 g/mol. The van der Waals surface area contributed by atoms with Gasteiger partial charge >= 0.3 is 5.97 Å². The molecule has 1 aliphatic heterocycles. The van der Waals surface area contributed by atoms with E-state index in [2.05, 4.69) is 4.74 Å². The summed E-state index contributed by atoms with van der Waals surface area (Å²) in [5, 5.41) is 0.462. The van der Waals surface area contributed by atoms with Crippen molar-refractivity contribution >= 4 is 17.7 Å². The molecule has 0 spiro atoms. The van der Waals surface area contributed by atoms with Crippen LogP contribution in [-0.4, -0.2) is 36.8 Å². The molecule has 1 fully saturated rings. The number of hydrogen-bond acceptors (Lipinski definition) is 4. The van der Waals surface area contributed by atoms with Crippen LogP contribution in [-0.2, 0) is 14.3 Å². The number of esters is 1. The fourth-order valence-electron chi connectivity index (χ4n) is 1.16. The highest BCUT2D eigenvalue weighted by Crippen LogP contribution is 2.25. The normalized spacial score (nSPS) is 28.8. The highest BCUT2D eigenvalue weighted by molar-refractivity contribution is 8.00. The highest BCUT2D eigenvalue weighted by Gasteiger charge is 2.25. The van der Waals surface area contributed by atoms with E-state index in [4.69, 9.17) is 4.74 Å². The molecule has 4 heteroatoms. The van der Waals surface area contributed by atoms with Crippen LogP contribution in [0.15, 0.2) is 0 Å². The van der Waals surface area contributed by atoms with Gasteiger partial charge in [-0.1, -0.05) is 0 Å². The van der Waals surface area contributed by atoms with Gasteiger partial charge in [-0.15, -0.1) is 11.8 Å². The van der Waals surface area contributed by atoms with Crippen LogP contribution < -0.4 is 0 Å². The Morgan fingerprint density at radius 1 is 1.75 bits per heavy atom. The molecule has 0 radical (unpaired) electrons. The van der Waals surface area contributed by atoms with Crippen LogP contribution in [0.2, 0.25) is 0 Å². The molecule has 1 aliphatic rings. The Morgan fingerprint density at radius 2 is 2.50 bits per heavy atom. The molecule has 0 aromatic rings. The average Bonchev–Trinajstić information content (AvgIpc) is 2.47. The van der Waals surface area contributed by atoms with E-state index in [9.17, 15) is 4.79 Å². The largest absolute Gasteiger partial charge is 0.468 e. The summed E-state index contributed by atoms with van der Waals surface area (Å²) in [6.45, 7) is 2.86. The Labute approximate surface area is 76.8 Å². The van der Waals surface area contributed by atoms with Crippen molar-refractivity contribution in [3.63, 3.8) is 0 Å². The third-order valence-electron chi connectivity index (χ3n) is 1.95. The van der Waals surface area contributed by atoms with Crippen molar-refractivity contribution in [2.45, 2.75) is 24.7 Å². The Kier molecular flexibility index (Phi) is 3.88. The van der Waals surface area contributed by atoms with Crippen LogP contribution in [0.5, 0.6) is 0 Å². The number of thioether (sulfide) groups is 1. The molecule has 3 nitrogen and oxygen atoms in total. The van der Waals surface area contributed by atoms with Crippen molar-refractivity contribution in [3.05, 3.63) is 0 Å². The van der Waals surface area contributed by atoms with Crippen molar-refractivity contribution < 1.29 is 14.3 Å². The molecule has 2 unspecified atom stereocenters. The van der Waals surface area contributed by atoms with Gasteiger partial charge in [-0.2, -0.15) is 0 Å². The molecule has 0 aliphatic carbocycles. The van der Waals surface area contributed by atoms with E-state index in [0.717, 1.165) is 13.0 Å². The van der Waals surface area contributed by atoms with Gasteiger partial charge in [0.2, 0.25) is 0 Å². The molecule has 70 valence electrons. The zero-order valence-electron chi connectivity index (χ0n) is 7.41. The highest BCUT2D eigenvalue weighted by atomic mass is 32.2. The summed E-state index contributed by atoms with van der Waals surface area (Å²) in [7, 11) is 1.41. The van der Waals surface area contributed by atoms with Crippen molar-refractivity contribution in [1.29, 1.82) is 0 Å². The van der Waals surface area contributed by atoms with Gasteiger partial charge in [-0.25, -0.2) is 0 Å². The minimum atomic E-state index is -0.154. The zero-order valence-corrected chi connectivity index (χ0v) is 8.23. The van der Waals surface area contributed by atoms with Crippen LogP contribution in [0.1, 0.15) is 13.3 Å². The number of carbonyl (C=O) groups is 1. The second kappa shape index (κ2) is 4.72. The summed E-state index contributed by atoms with van der Waals surface area (Å²) >= 11 is 1.63. The Balaban J connectivity index is 2.18. The molecule has 0 bridgehead atoms. The third-order valence-corrected chi connectivity index (χ3v) is 3.40. The van der Waals surface area contributed by atoms with Gasteiger partial charge in [0.25, 0.3) is 0 Å². The minimum Gasteiger partial charge on any atom is -0.468 e. The predicted molar refractivity (Wildman–Crippen MR) is 48.3 cm³/mol. The smallest absolute Gasteiger partial charge is 0.315 e. The van der Waals surface area contributed by atoms with Crippen LogP contribution in [0.4, 0.5) is 0 Å². The lowest BCUT2D eigenvalue weighted by Gasteiger charge is -2.11. The molecule has 0 aromatic carbocycles. The zero-order chi connectivity index (χ0) is 8.97. The number of carbonyl (C=O) groups excluding carboxylic acids is 1. The lowest BCUT2D eigenvalue weighted by Crippen LogP contribution is -2.16. The lowest BCUT2D eigenvalue weighted by atomic mass is 10.3. The van der Waals surface area contributed by atoms with E-state index in [1.54, 1.807) is 11.8 Å². The van der Waals surface area contributed by atoms with Gasteiger partial charge < -0.3 is 9.47 Å². The van der Waals surface area contributed by atoms with Gasteiger partial charge in [-0.3, -0.25) is 4.79 Å². The monoisotopic (exact) mass is 190 g/mol. The average molecular weight is 190 g/mol. The molecule has 12 heavy (non-hydrogen) atoms. The predicted octanol–water partition coefficient (Wildman–Crippen LogP) is 1.07. The summed E-state index contributed by atoms with van der Waals surface area (Å²) in [5.41, 5.74) is 0. The first-order valence-electron chi connectivity index (χ1n) is 4.04. The van der Waals surface area contributed by atoms with Crippen molar-refractivity contribution in [2.75, 3.05) is 19.5 Å². The van der Waals surface area contributed by atoms with Crippen molar-refractivity contribution in [2.24, 2.45) is 0 Å². The van der Waals surface area contributed by atoms with Crippen LogP contribution in [0.25, 0.3) is 0 Å². The molecule has 1 heterocycles. The van der Waals surface area contributed by atoms with Gasteiger partial charge in [0.15, 0.2) is 0 Å². The van der Waals surface area contributed by atoms with E-state index < -0.39 is 0 Å². The second-order valence-electron chi connectivity index (χ2n) is 2.79. The van der Waals surface area contributed by atoms with E-state index in [1.165, 1.54) is 7.11 Å². The summed E-state index contributed by atoms with van der Waals surface area (Å²) in [4.78, 5) is 10.8. The van der Waals surface area contributed by atoms with Crippen LogP contribution in [0.3, 0.4) is 0 Å². The van der Waals surface area contributed by atoms with Gasteiger partial charge in [-0.05, 0) is 13.3 Å². The number of ether oxygens (including phenoxy) is 2. The Hall–Kier alpha value is -0.220. The number of methoxy groups -OCH3 is 1. The second-order valence-corrected chi connectivity index (χ2v) is 4.02. The summed E-state index contributed by atoms with van der Waals surface area (Å²) in [6.07, 6.45) is 1.32. The third kappa shape index (κ3) is 2.68. The molecule has 0 saturated carbocycles. The standard InChI is InChI=1S/C8H14O3S/c1-6-7(3-4-11-6)12-5-8(9)10-2/h6-7H,3-5H2,1-2H3. The summed E-state index contributed by atoms with van der Waals surface area (Å²) < 4.78 is 9.90. The molecular formula is C8H14O3S. The van der Waals surface area contributed by atoms with E-state index in [0.29, 0.717) is 11.0 Å². The molecule has 0 aromatic heterocycles. The molecule has 0 N–H and O–H groups in total. The van der Waals surface area contributed by atoms with Crippen LogP contribution in [0, 0.1) is 0 Å². The number of hydrogen-bond donors (Lipinski definition) is 0. The maximum Gasteiger partial charge on any atom is 0.315 e. The molecule has 1 rings (SSSR count). The first-order valence-corrected chi connectivity index (χ1v) is 5.09. The first-order chi connectivity index (χ1) is 5.74. The van der Waals surface area contributed by atoms with E-state index in [-0.39, 0.29) is 12.1 Å². The van der Waals surface area contributed by atoms with Gasteiger partial charge in [0.1, 0.15) is 0 Å². The van der Waals surface area contributed by atoms with E-state index >= 15 is 0 Å². The topological polar surface area (TPSA) is 35.5 Å². The van der Waals surface area contributed by atoms with Crippen LogP contribution >= 0.6 is 11.8 Å². The molecule has 2 atom stereocenters. The maximum absolute atomic E-state index is 10.8. The van der Waals surface area contributed by atoms with Gasteiger partial charge in [0, 0.05) is 11.9 Å². The van der Waals surface area contributed by atoms with Crippen molar-refractivity contribution in [3.8, 4) is 0 Å². The quantitative estimate of drug-likeness (QED) is 0.624. The fraction of sp³-hybridized carbons (Fsp3) is 0.875. The summed E-state index contributed by atoms with van der Waals surface area (Å²) in [5.74, 6) is 0.286. The molecule has 0 amide bonds. The summed E-state index contributed by atoms with van der Waals surface area (Å²) in [6, 6.07) is 0. The van der Waals surface area contributed by atoms with E-state index in [1.807, 2.05) is 6.92 Å².